The molecule has 1 heterocycles. The number of carbonyl (C=O) groups is 2. The third-order valence-electron chi connectivity index (χ3n) is 2.94. The number of carbonyl (C=O) groups excluding carboxylic acids is 2. The van der Waals surface area contributed by atoms with Crippen molar-refractivity contribution in [1.29, 1.82) is 0 Å². The lowest BCUT2D eigenvalue weighted by Gasteiger charge is -2.08. The number of nitrogens with one attached hydrogen (secondary N) is 1. The van der Waals surface area contributed by atoms with Gasteiger partial charge in [-0.1, -0.05) is 23.7 Å². The van der Waals surface area contributed by atoms with E-state index in [1.807, 2.05) is 0 Å². The van der Waals surface area contributed by atoms with Gasteiger partial charge >= 0.3 is 0 Å². The molecule has 0 aliphatic rings. The van der Waals surface area contributed by atoms with E-state index < -0.39 is 11.7 Å². The van der Waals surface area contributed by atoms with E-state index in [-0.39, 0.29) is 18.6 Å². The Kier molecular flexibility index (Phi) is 5.06. The quantitative estimate of drug-likeness (QED) is 0.841. The Morgan fingerprint density at radius 2 is 1.86 bits per heavy atom. The third kappa shape index (κ3) is 4.02. The molecule has 114 valence electrons. The molecule has 0 saturated carbocycles. The summed E-state index contributed by atoms with van der Waals surface area (Å²) in [7, 11) is 0. The van der Waals surface area contributed by atoms with Crippen LogP contribution < -0.4 is 10.9 Å². The number of rotatable bonds is 5. The highest BCUT2D eigenvalue weighted by Gasteiger charge is 2.07. The highest BCUT2D eigenvalue weighted by atomic mass is 35.5. The maximum Gasteiger partial charge on any atom is 0.287 e. The summed E-state index contributed by atoms with van der Waals surface area (Å²) in [4.78, 5) is 33.7. The topological polar surface area (TPSA) is 81.1 Å². The molecule has 22 heavy (non-hydrogen) atoms. The van der Waals surface area contributed by atoms with Gasteiger partial charge in [0.2, 0.25) is 5.78 Å². The molecule has 0 fully saturated rings. The van der Waals surface area contributed by atoms with E-state index in [1.165, 1.54) is 17.7 Å². The Balaban J connectivity index is 2.13. The van der Waals surface area contributed by atoms with E-state index in [4.69, 9.17) is 11.6 Å². The van der Waals surface area contributed by atoms with Crippen LogP contribution in [0.25, 0.3) is 11.3 Å². The van der Waals surface area contributed by atoms with Crippen molar-refractivity contribution in [3.8, 4) is 11.3 Å². The second-order valence-electron chi connectivity index (χ2n) is 4.60. The van der Waals surface area contributed by atoms with Gasteiger partial charge in [-0.3, -0.25) is 14.4 Å². The molecule has 2 aromatic rings. The molecule has 1 amide bonds. The number of halogens is 1. The highest BCUT2D eigenvalue weighted by molar-refractivity contribution is 6.35. The summed E-state index contributed by atoms with van der Waals surface area (Å²) in [5, 5.41) is 7.27. The molecule has 0 saturated heterocycles. The van der Waals surface area contributed by atoms with Crippen molar-refractivity contribution in [2.45, 2.75) is 13.5 Å². The normalized spacial score (nSPS) is 10.3. The predicted molar refractivity (Wildman–Crippen MR) is 82.6 cm³/mol. The highest BCUT2D eigenvalue weighted by Crippen LogP contribution is 2.18. The van der Waals surface area contributed by atoms with Crippen LogP contribution in [-0.4, -0.2) is 28.0 Å². The number of benzene rings is 1. The summed E-state index contributed by atoms with van der Waals surface area (Å²) in [6.07, 6.45) is 0. The van der Waals surface area contributed by atoms with Crippen LogP contribution in [0.15, 0.2) is 41.2 Å². The summed E-state index contributed by atoms with van der Waals surface area (Å²) in [6.45, 7) is 1.51. The van der Waals surface area contributed by atoms with Gasteiger partial charge in [0.1, 0.15) is 0 Å². The summed E-state index contributed by atoms with van der Waals surface area (Å²) in [5.74, 6) is -1.25. The molecule has 0 radical (unpaired) electrons. The minimum absolute atomic E-state index is 0.148. The predicted octanol–water partition coefficient (Wildman–Crippen LogP) is 1.27. The zero-order valence-corrected chi connectivity index (χ0v) is 12.6. The van der Waals surface area contributed by atoms with Crippen molar-refractivity contribution in [3.63, 3.8) is 0 Å². The first kappa shape index (κ1) is 15.9. The molecule has 0 unspecified atom stereocenters. The maximum absolute atomic E-state index is 11.8. The number of hydrogen-bond acceptors (Lipinski definition) is 4. The van der Waals surface area contributed by atoms with Gasteiger partial charge < -0.3 is 5.32 Å². The summed E-state index contributed by atoms with van der Waals surface area (Å²) < 4.78 is 1.24. The zero-order valence-electron chi connectivity index (χ0n) is 11.9. The largest absolute Gasteiger partial charge is 0.348 e. The molecular formula is C15H14ClN3O3. The molecule has 0 aliphatic carbocycles. The van der Waals surface area contributed by atoms with Crippen LogP contribution in [-0.2, 0) is 16.1 Å². The molecule has 1 N–H and O–H groups in total. The number of Topliss-reactive ketones (excluding diaryl/α,β-unsaturated/α-hetero) is 1. The lowest BCUT2D eigenvalue weighted by atomic mass is 10.1. The molecular weight excluding hydrogens is 306 g/mol. The van der Waals surface area contributed by atoms with Gasteiger partial charge in [-0.05, 0) is 18.2 Å². The van der Waals surface area contributed by atoms with Gasteiger partial charge in [-0.15, -0.1) is 0 Å². The molecule has 1 aromatic heterocycles. The average molecular weight is 320 g/mol. The molecule has 0 spiro atoms. The van der Waals surface area contributed by atoms with Crippen LogP contribution in [0.5, 0.6) is 0 Å². The van der Waals surface area contributed by atoms with Gasteiger partial charge in [0.05, 0.1) is 12.2 Å². The standard InChI is InChI=1S/C15H14ClN3O3/c1-10(20)15(22)17-8-9-19-14(21)7-6-13(18-19)11-2-4-12(16)5-3-11/h2-7H,8-9H2,1H3,(H,17,22). The SMILES string of the molecule is CC(=O)C(=O)NCCn1nc(-c2ccc(Cl)cc2)ccc1=O. The minimum atomic E-state index is -0.679. The molecule has 0 atom stereocenters. The van der Waals surface area contributed by atoms with E-state index >= 15 is 0 Å². The van der Waals surface area contributed by atoms with Crippen LogP contribution in [0.1, 0.15) is 6.92 Å². The number of amides is 1. The third-order valence-corrected chi connectivity index (χ3v) is 3.19. The number of nitrogens with zero attached hydrogens (tertiary/aromatic N) is 2. The number of ketones is 1. The van der Waals surface area contributed by atoms with E-state index in [2.05, 4.69) is 10.4 Å². The Hall–Kier alpha value is -2.47. The smallest absolute Gasteiger partial charge is 0.287 e. The van der Waals surface area contributed by atoms with Gasteiger partial charge in [0, 0.05) is 30.1 Å². The lowest BCUT2D eigenvalue weighted by Crippen LogP contribution is -2.34. The van der Waals surface area contributed by atoms with E-state index in [1.54, 1.807) is 30.3 Å². The zero-order chi connectivity index (χ0) is 16.1. The van der Waals surface area contributed by atoms with Crippen LogP contribution in [0, 0.1) is 0 Å². The Bertz CT molecular complexity index is 753. The average Bonchev–Trinajstić information content (AvgIpc) is 2.49. The minimum Gasteiger partial charge on any atom is -0.348 e. The van der Waals surface area contributed by atoms with Crippen LogP contribution in [0.2, 0.25) is 5.02 Å². The molecule has 0 bridgehead atoms. The fourth-order valence-electron chi connectivity index (χ4n) is 1.78. The van der Waals surface area contributed by atoms with Crippen LogP contribution in [0.4, 0.5) is 0 Å². The Labute approximate surface area is 131 Å². The van der Waals surface area contributed by atoms with Gasteiger partial charge in [0.25, 0.3) is 11.5 Å². The first-order chi connectivity index (χ1) is 10.5. The van der Waals surface area contributed by atoms with Crippen molar-refractivity contribution in [1.82, 2.24) is 15.1 Å². The summed E-state index contributed by atoms with van der Waals surface area (Å²) >= 11 is 5.84. The lowest BCUT2D eigenvalue weighted by molar-refractivity contribution is -0.136. The fourth-order valence-corrected chi connectivity index (χ4v) is 1.91. The first-order valence-corrected chi connectivity index (χ1v) is 6.98. The molecule has 0 aliphatic heterocycles. The van der Waals surface area contributed by atoms with Crippen molar-refractivity contribution >= 4 is 23.3 Å². The second-order valence-corrected chi connectivity index (χ2v) is 5.04. The monoisotopic (exact) mass is 319 g/mol. The molecule has 1 aromatic carbocycles. The van der Waals surface area contributed by atoms with Gasteiger partial charge in [0.15, 0.2) is 0 Å². The summed E-state index contributed by atoms with van der Waals surface area (Å²) in [6, 6.07) is 10.1. The Morgan fingerprint density at radius 1 is 1.18 bits per heavy atom. The number of aromatic nitrogens is 2. The van der Waals surface area contributed by atoms with Crippen molar-refractivity contribution < 1.29 is 9.59 Å². The van der Waals surface area contributed by atoms with Gasteiger partial charge in [-0.2, -0.15) is 5.10 Å². The van der Waals surface area contributed by atoms with Gasteiger partial charge in [-0.25, -0.2) is 4.68 Å². The van der Waals surface area contributed by atoms with E-state index in [9.17, 15) is 14.4 Å². The first-order valence-electron chi connectivity index (χ1n) is 6.60. The van der Waals surface area contributed by atoms with E-state index in [0.717, 1.165) is 5.56 Å². The Morgan fingerprint density at radius 3 is 2.50 bits per heavy atom. The summed E-state index contributed by atoms with van der Waals surface area (Å²) in [5.41, 5.74) is 1.16. The van der Waals surface area contributed by atoms with Crippen molar-refractivity contribution in [2.24, 2.45) is 0 Å². The maximum atomic E-state index is 11.8. The van der Waals surface area contributed by atoms with Crippen LogP contribution in [0.3, 0.4) is 0 Å². The molecule has 6 nitrogen and oxygen atoms in total. The van der Waals surface area contributed by atoms with Crippen molar-refractivity contribution in [2.75, 3.05) is 6.54 Å². The van der Waals surface area contributed by atoms with E-state index in [0.29, 0.717) is 10.7 Å². The second kappa shape index (κ2) is 7.00. The van der Waals surface area contributed by atoms with Crippen molar-refractivity contribution in [3.05, 3.63) is 51.8 Å². The number of hydrogen-bond donors (Lipinski definition) is 1. The molecule has 2 rings (SSSR count). The fraction of sp³-hybridized carbons (Fsp3) is 0.200. The van der Waals surface area contributed by atoms with Crippen LogP contribution >= 0.6 is 11.6 Å². The molecule has 7 heteroatoms.